The summed E-state index contributed by atoms with van der Waals surface area (Å²) in [5, 5.41) is 0. The zero-order chi connectivity index (χ0) is 16.7. The first-order chi connectivity index (χ1) is 10.5. The third-order valence-electron chi connectivity index (χ3n) is 3.51. The normalized spacial score (nSPS) is 12.0. The van der Waals surface area contributed by atoms with E-state index in [1.165, 1.54) is 25.3 Å². The second-order valence-corrected chi connectivity index (χ2v) is 5.79. The van der Waals surface area contributed by atoms with E-state index in [1.807, 2.05) is 6.92 Å². The van der Waals surface area contributed by atoms with Crippen molar-refractivity contribution in [3.63, 3.8) is 0 Å². The van der Waals surface area contributed by atoms with Crippen LogP contribution in [-0.2, 0) is 9.53 Å². The summed E-state index contributed by atoms with van der Waals surface area (Å²) in [6, 6.07) is 0. The molecule has 0 aromatic heterocycles. The number of allylic oxidation sites excluding steroid dienone is 1. The first-order valence-electron chi connectivity index (χ1n) is 8.73. The van der Waals surface area contributed by atoms with Crippen LogP contribution in [0.15, 0.2) is 12.2 Å². The van der Waals surface area contributed by atoms with Crippen molar-refractivity contribution in [2.75, 3.05) is 6.61 Å². The number of unbranched alkanes of at least 4 members (excludes halogenated alkanes) is 6. The van der Waals surface area contributed by atoms with Gasteiger partial charge in [0.1, 0.15) is 0 Å². The van der Waals surface area contributed by atoms with E-state index in [9.17, 15) is 13.6 Å². The molecule has 0 aliphatic carbocycles. The van der Waals surface area contributed by atoms with E-state index in [0.717, 1.165) is 31.8 Å². The predicted octanol–water partition coefficient (Wildman–Crippen LogP) is 6.05. The zero-order valence-electron chi connectivity index (χ0n) is 14.2. The lowest BCUT2D eigenvalue weighted by atomic mass is 10.1. The summed E-state index contributed by atoms with van der Waals surface area (Å²) in [6.07, 6.45) is 11.1. The highest BCUT2D eigenvalue weighted by Crippen LogP contribution is 2.22. The Morgan fingerprint density at radius 3 is 2.32 bits per heavy atom. The standard InChI is InChI=1S/C18H32F2O2/c1-3-5-7-8-9-10-13-17(21)22-16-12-11-15-18(19,20)14-6-4-2/h11,15H,3-10,12-14,16H2,1-2H3. The van der Waals surface area contributed by atoms with Gasteiger partial charge in [0.05, 0.1) is 6.61 Å². The fourth-order valence-electron chi connectivity index (χ4n) is 2.11. The number of carbonyl (C=O) groups excluding carboxylic acids is 1. The molecule has 0 heterocycles. The Bertz CT molecular complexity index is 301. The topological polar surface area (TPSA) is 26.3 Å². The molecule has 2 nitrogen and oxygen atoms in total. The average Bonchev–Trinajstić information content (AvgIpc) is 2.48. The van der Waals surface area contributed by atoms with Crippen molar-refractivity contribution in [1.29, 1.82) is 0 Å². The number of hydrogen-bond donors (Lipinski definition) is 0. The van der Waals surface area contributed by atoms with Crippen LogP contribution in [0.1, 0.15) is 84.5 Å². The molecule has 0 aromatic carbocycles. The van der Waals surface area contributed by atoms with E-state index in [1.54, 1.807) is 0 Å². The van der Waals surface area contributed by atoms with E-state index >= 15 is 0 Å². The lowest BCUT2D eigenvalue weighted by molar-refractivity contribution is -0.143. The molecular weight excluding hydrogens is 286 g/mol. The van der Waals surface area contributed by atoms with Crippen molar-refractivity contribution in [1.82, 2.24) is 0 Å². The van der Waals surface area contributed by atoms with E-state index in [2.05, 4.69) is 6.92 Å². The van der Waals surface area contributed by atoms with Crippen molar-refractivity contribution in [3.8, 4) is 0 Å². The van der Waals surface area contributed by atoms with Crippen molar-refractivity contribution in [2.45, 2.75) is 90.4 Å². The summed E-state index contributed by atoms with van der Waals surface area (Å²) in [7, 11) is 0. The van der Waals surface area contributed by atoms with Gasteiger partial charge in [-0.1, -0.05) is 58.4 Å². The highest BCUT2D eigenvalue weighted by atomic mass is 19.3. The molecule has 0 atom stereocenters. The minimum absolute atomic E-state index is 0.113. The van der Waals surface area contributed by atoms with Crippen LogP contribution in [0.25, 0.3) is 0 Å². The molecule has 0 radical (unpaired) electrons. The van der Waals surface area contributed by atoms with Crippen LogP contribution in [0.3, 0.4) is 0 Å². The van der Waals surface area contributed by atoms with Crippen molar-refractivity contribution < 1.29 is 18.3 Å². The summed E-state index contributed by atoms with van der Waals surface area (Å²) in [6.45, 7) is 4.25. The molecule has 130 valence electrons. The number of hydrogen-bond acceptors (Lipinski definition) is 2. The van der Waals surface area contributed by atoms with Gasteiger partial charge in [-0.15, -0.1) is 0 Å². The largest absolute Gasteiger partial charge is 0.465 e. The van der Waals surface area contributed by atoms with Gasteiger partial charge in [-0.3, -0.25) is 4.79 Å². The Morgan fingerprint density at radius 1 is 1.00 bits per heavy atom. The first kappa shape index (κ1) is 21.1. The van der Waals surface area contributed by atoms with Crippen molar-refractivity contribution >= 4 is 5.97 Å². The molecule has 0 amide bonds. The summed E-state index contributed by atoms with van der Waals surface area (Å²) in [4.78, 5) is 11.4. The lowest BCUT2D eigenvalue weighted by Crippen LogP contribution is -2.11. The van der Waals surface area contributed by atoms with Gasteiger partial charge < -0.3 is 4.74 Å². The average molecular weight is 318 g/mol. The maximum absolute atomic E-state index is 13.3. The predicted molar refractivity (Wildman–Crippen MR) is 87.2 cm³/mol. The highest BCUT2D eigenvalue weighted by Gasteiger charge is 2.23. The van der Waals surface area contributed by atoms with Crippen LogP contribution in [0.4, 0.5) is 8.78 Å². The molecule has 0 saturated heterocycles. The van der Waals surface area contributed by atoms with Crippen molar-refractivity contribution in [3.05, 3.63) is 12.2 Å². The number of halogens is 2. The van der Waals surface area contributed by atoms with Crippen LogP contribution in [-0.4, -0.2) is 18.5 Å². The number of ether oxygens (including phenoxy) is 1. The number of carbonyl (C=O) groups is 1. The van der Waals surface area contributed by atoms with Crippen LogP contribution in [0.2, 0.25) is 0 Å². The van der Waals surface area contributed by atoms with Crippen LogP contribution in [0, 0.1) is 0 Å². The molecular formula is C18H32F2O2. The fraction of sp³-hybridized carbons (Fsp3) is 0.833. The van der Waals surface area contributed by atoms with E-state index in [0.29, 0.717) is 19.3 Å². The molecule has 0 unspecified atom stereocenters. The third-order valence-corrected chi connectivity index (χ3v) is 3.51. The van der Waals surface area contributed by atoms with Crippen molar-refractivity contribution in [2.24, 2.45) is 0 Å². The molecule has 0 aliphatic heterocycles. The summed E-state index contributed by atoms with van der Waals surface area (Å²) in [5.41, 5.74) is 0. The smallest absolute Gasteiger partial charge is 0.305 e. The molecule has 0 aliphatic rings. The highest BCUT2D eigenvalue weighted by molar-refractivity contribution is 5.69. The third kappa shape index (κ3) is 14.0. The minimum Gasteiger partial charge on any atom is -0.465 e. The van der Waals surface area contributed by atoms with Gasteiger partial charge in [0.15, 0.2) is 0 Å². The van der Waals surface area contributed by atoms with Gasteiger partial charge in [-0.25, -0.2) is 8.78 Å². The van der Waals surface area contributed by atoms with E-state index in [4.69, 9.17) is 4.74 Å². The second-order valence-electron chi connectivity index (χ2n) is 5.79. The molecule has 0 spiro atoms. The molecule has 0 bridgehead atoms. The quantitative estimate of drug-likeness (QED) is 0.221. The molecule has 0 N–H and O–H groups in total. The molecule has 0 fully saturated rings. The molecule has 4 heteroatoms. The first-order valence-corrected chi connectivity index (χ1v) is 8.73. The van der Waals surface area contributed by atoms with E-state index < -0.39 is 5.92 Å². The molecule has 22 heavy (non-hydrogen) atoms. The second kappa shape index (κ2) is 13.7. The minimum atomic E-state index is -2.74. The van der Waals surface area contributed by atoms with Gasteiger partial charge in [-0.2, -0.15) is 0 Å². The van der Waals surface area contributed by atoms with Gasteiger partial charge in [-0.05, 0) is 25.3 Å². The fourth-order valence-corrected chi connectivity index (χ4v) is 2.11. The summed E-state index contributed by atoms with van der Waals surface area (Å²) in [5.74, 6) is -2.96. The summed E-state index contributed by atoms with van der Waals surface area (Å²) >= 11 is 0. The Hall–Kier alpha value is -0.930. The van der Waals surface area contributed by atoms with Crippen LogP contribution >= 0.6 is 0 Å². The van der Waals surface area contributed by atoms with Gasteiger partial charge in [0.25, 0.3) is 5.92 Å². The maximum atomic E-state index is 13.3. The number of rotatable bonds is 14. The SMILES string of the molecule is CCCCCCCCC(=O)OCCC=CC(F)(F)CCCC. The zero-order valence-corrected chi connectivity index (χ0v) is 14.2. The Labute approximate surface area is 134 Å². The van der Waals surface area contributed by atoms with Gasteiger partial charge in [0.2, 0.25) is 0 Å². The Kier molecular flexibility index (Phi) is 13.1. The lowest BCUT2D eigenvalue weighted by Gasteiger charge is -2.10. The number of esters is 1. The monoisotopic (exact) mass is 318 g/mol. The molecule has 0 aromatic rings. The molecule has 0 saturated carbocycles. The van der Waals surface area contributed by atoms with E-state index in [-0.39, 0.29) is 19.0 Å². The number of alkyl halides is 2. The maximum Gasteiger partial charge on any atom is 0.305 e. The summed E-state index contributed by atoms with van der Waals surface area (Å²) < 4.78 is 31.6. The van der Waals surface area contributed by atoms with Gasteiger partial charge in [0, 0.05) is 12.8 Å². The van der Waals surface area contributed by atoms with Crippen LogP contribution < -0.4 is 0 Å². The Morgan fingerprint density at radius 2 is 1.64 bits per heavy atom. The molecule has 0 rings (SSSR count). The Balaban J connectivity index is 3.55. The van der Waals surface area contributed by atoms with Gasteiger partial charge >= 0.3 is 5.97 Å². The van der Waals surface area contributed by atoms with Crippen LogP contribution in [0.5, 0.6) is 0 Å².